The van der Waals surface area contributed by atoms with Crippen LogP contribution in [0.15, 0.2) is 132 Å². The van der Waals surface area contributed by atoms with Crippen LogP contribution in [-0.4, -0.2) is 15.9 Å². The van der Waals surface area contributed by atoms with E-state index in [1.807, 2.05) is 30.5 Å². The van der Waals surface area contributed by atoms with Gasteiger partial charge in [0.1, 0.15) is 5.76 Å². The molecule has 0 aliphatic heterocycles. The minimum Gasteiger partial charge on any atom is -0.512 e. The molecule has 46 heavy (non-hydrogen) atoms. The molecule has 0 saturated heterocycles. The minimum absolute atomic E-state index is 0. The molecule has 1 N–H and O–H groups in total. The van der Waals surface area contributed by atoms with Crippen LogP contribution in [-0.2, 0) is 24.9 Å². The van der Waals surface area contributed by atoms with Crippen molar-refractivity contribution >= 4 is 38.3 Å². The number of aromatic nitrogens is 1. The molecule has 0 atom stereocenters. The average molecular weight is 781 g/mol. The van der Waals surface area contributed by atoms with E-state index in [0.717, 1.165) is 50.1 Å². The van der Waals surface area contributed by atoms with Crippen molar-refractivity contribution in [3.05, 3.63) is 139 Å². The van der Waals surface area contributed by atoms with Gasteiger partial charge in [0.15, 0.2) is 5.78 Å². The molecule has 0 spiro atoms. The Hall–Kier alpha value is -4.83. The van der Waals surface area contributed by atoms with E-state index in [2.05, 4.69) is 105 Å². The Balaban J connectivity index is 0.000000471. The molecule has 0 bridgehead atoms. The molecule has 0 amide bonds. The first-order valence-corrected chi connectivity index (χ1v) is 15.1. The molecule has 7 rings (SSSR count). The molecule has 2 heterocycles. The normalized spacial score (nSPS) is 11.4. The Morgan fingerprint density at radius 3 is 2.09 bits per heavy atom. The number of hydrogen-bond acceptors (Lipinski definition) is 4. The Labute approximate surface area is 282 Å². The van der Waals surface area contributed by atoms with Gasteiger partial charge >= 0.3 is 0 Å². The molecule has 7 aromatic rings. The first kappa shape index (κ1) is 32.6. The summed E-state index contributed by atoms with van der Waals surface area (Å²) >= 11 is 0. The topological polar surface area (TPSA) is 63.3 Å². The molecule has 4 nitrogen and oxygen atoms in total. The van der Waals surface area contributed by atoms with Crippen molar-refractivity contribution in [2.45, 2.75) is 33.6 Å². The van der Waals surface area contributed by atoms with E-state index in [1.54, 1.807) is 0 Å². The Morgan fingerprint density at radius 2 is 1.46 bits per heavy atom. The number of carbonyl (C=O) groups is 1. The van der Waals surface area contributed by atoms with Crippen LogP contribution in [0.4, 0.5) is 0 Å². The number of carbonyl (C=O) groups excluding carboxylic acids is 1. The number of fused-ring (bicyclic) bond motifs is 4. The van der Waals surface area contributed by atoms with Gasteiger partial charge in [-0.1, -0.05) is 122 Å². The second-order valence-corrected chi connectivity index (χ2v) is 11.5. The number of aliphatic hydroxyl groups excluding tert-OH is 1. The van der Waals surface area contributed by atoms with E-state index in [1.165, 1.54) is 41.6 Å². The Bertz CT molecular complexity index is 2180. The Morgan fingerprint density at radius 1 is 0.783 bits per heavy atom. The third-order valence-electron chi connectivity index (χ3n) is 7.82. The molecular formula is C41H34IrNO3-. The SMILES string of the molecule is CC(=O)/C=C(/C)O.CC(C)c1ccc2c(ccc3c(-c4[c-]c5oc(-c6ccccc6)cc5c(-c5ccccc5)c4)nccc32)c1.[Ir]. The first-order valence-electron chi connectivity index (χ1n) is 15.1. The van der Waals surface area contributed by atoms with Gasteiger partial charge in [-0.3, -0.25) is 4.79 Å². The molecule has 0 fully saturated rings. The number of hydrogen-bond donors (Lipinski definition) is 1. The van der Waals surface area contributed by atoms with Crippen molar-refractivity contribution in [2.75, 3.05) is 0 Å². The van der Waals surface area contributed by atoms with Crippen molar-refractivity contribution in [1.29, 1.82) is 0 Å². The molecule has 2 aromatic heterocycles. The van der Waals surface area contributed by atoms with E-state index in [-0.39, 0.29) is 31.6 Å². The monoisotopic (exact) mass is 781 g/mol. The molecule has 0 aliphatic carbocycles. The molecule has 231 valence electrons. The summed E-state index contributed by atoms with van der Waals surface area (Å²) in [5.74, 6) is 1.27. The van der Waals surface area contributed by atoms with Crippen molar-refractivity contribution in [3.8, 4) is 33.7 Å². The molecular weight excluding hydrogens is 747 g/mol. The second-order valence-electron chi connectivity index (χ2n) is 11.5. The van der Waals surface area contributed by atoms with Crippen LogP contribution in [0.3, 0.4) is 0 Å². The van der Waals surface area contributed by atoms with Crippen molar-refractivity contribution in [1.82, 2.24) is 4.98 Å². The fourth-order valence-electron chi connectivity index (χ4n) is 5.68. The maximum atomic E-state index is 10.0. The first-order chi connectivity index (χ1) is 21.8. The molecule has 0 unspecified atom stereocenters. The summed E-state index contributed by atoms with van der Waals surface area (Å²) in [7, 11) is 0. The van der Waals surface area contributed by atoms with Gasteiger partial charge in [-0.05, 0) is 70.3 Å². The number of nitrogens with zero attached hydrogens (tertiary/aromatic N) is 1. The third kappa shape index (κ3) is 6.87. The van der Waals surface area contributed by atoms with E-state index < -0.39 is 0 Å². The summed E-state index contributed by atoms with van der Waals surface area (Å²) in [4.78, 5) is 14.9. The summed E-state index contributed by atoms with van der Waals surface area (Å²) in [6.07, 6.45) is 3.07. The van der Waals surface area contributed by atoms with Crippen LogP contribution in [0.1, 0.15) is 39.2 Å². The number of rotatable bonds is 5. The van der Waals surface area contributed by atoms with Crippen molar-refractivity contribution < 1.29 is 34.4 Å². The van der Waals surface area contributed by atoms with Crippen molar-refractivity contribution in [3.63, 3.8) is 0 Å². The Kier molecular flexibility index (Phi) is 9.96. The summed E-state index contributed by atoms with van der Waals surface area (Å²) in [5.41, 5.74) is 7.23. The smallest absolute Gasteiger partial charge is 0.155 e. The average Bonchev–Trinajstić information content (AvgIpc) is 3.48. The van der Waals surface area contributed by atoms with Crippen LogP contribution >= 0.6 is 0 Å². The number of benzene rings is 5. The molecule has 1 radical (unpaired) electrons. The largest absolute Gasteiger partial charge is 0.512 e. The summed E-state index contributed by atoms with van der Waals surface area (Å²) in [6, 6.07) is 41.9. The fraction of sp³-hybridized carbons (Fsp3) is 0.122. The minimum atomic E-state index is -0.125. The van der Waals surface area contributed by atoms with E-state index in [0.29, 0.717) is 5.92 Å². The third-order valence-corrected chi connectivity index (χ3v) is 7.82. The number of ketones is 1. The summed E-state index contributed by atoms with van der Waals surface area (Å²) < 4.78 is 6.41. The van der Waals surface area contributed by atoms with Gasteiger partial charge in [-0.25, -0.2) is 0 Å². The molecule has 5 heteroatoms. The van der Waals surface area contributed by atoms with Gasteiger partial charge in [-0.2, -0.15) is 0 Å². The maximum absolute atomic E-state index is 10.0. The van der Waals surface area contributed by atoms with Crippen molar-refractivity contribution in [2.24, 2.45) is 0 Å². The van der Waals surface area contributed by atoms with Crippen LogP contribution in [0, 0.1) is 6.07 Å². The van der Waals surface area contributed by atoms with Crippen LogP contribution < -0.4 is 0 Å². The predicted octanol–water partition coefficient (Wildman–Crippen LogP) is 11.1. The van der Waals surface area contributed by atoms with Gasteiger partial charge in [0, 0.05) is 37.9 Å². The van der Waals surface area contributed by atoms with E-state index in [9.17, 15) is 4.79 Å². The second kappa shape index (κ2) is 14.1. The van der Waals surface area contributed by atoms with Gasteiger partial charge in [0.25, 0.3) is 0 Å². The molecule has 5 aromatic carbocycles. The molecule has 0 aliphatic rings. The number of allylic oxidation sites excluding steroid dienone is 2. The summed E-state index contributed by atoms with van der Waals surface area (Å²) in [6.45, 7) is 7.32. The van der Waals surface area contributed by atoms with Gasteiger partial charge in [0.05, 0.1) is 11.3 Å². The van der Waals surface area contributed by atoms with Crippen LogP contribution in [0.2, 0.25) is 0 Å². The van der Waals surface area contributed by atoms with E-state index >= 15 is 0 Å². The van der Waals surface area contributed by atoms with Gasteiger partial charge in [0.2, 0.25) is 0 Å². The zero-order chi connectivity index (χ0) is 31.5. The standard InChI is InChI=1S/C36H26NO.C5H8O2.Ir/c1-23(2)26-13-15-29-27(19-26)14-16-31-30(29)17-18-37-36(31)28-20-32(24-9-5-3-6-10-24)33-22-34(38-35(33)21-28)25-11-7-4-8-12-25;1-4(6)3-5(2)7;/h3-20,22-23H,1-2H3;3,6H,1-2H3;/q-1;;/b;4-3-;. The number of pyridine rings is 1. The number of furan rings is 1. The number of aliphatic hydroxyl groups is 1. The quantitative estimate of drug-likeness (QED) is 0.0818. The maximum Gasteiger partial charge on any atom is 0.155 e. The zero-order valence-electron chi connectivity index (χ0n) is 26.2. The fourth-order valence-corrected chi connectivity index (χ4v) is 5.68. The predicted molar refractivity (Wildman–Crippen MR) is 185 cm³/mol. The van der Waals surface area contributed by atoms with Crippen LogP contribution in [0.5, 0.6) is 0 Å². The van der Waals surface area contributed by atoms with E-state index in [4.69, 9.17) is 14.5 Å². The van der Waals surface area contributed by atoms with Crippen LogP contribution in [0.25, 0.3) is 66.2 Å². The van der Waals surface area contributed by atoms with Gasteiger partial charge < -0.3 is 14.5 Å². The zero-order valence-corrected chi connectivity index (χ0v) is 28.6. The van der Waals surface area contributed by atoms with Gasteiger partial charge in [-0.15, -0.1) is 11.6 Å². The summed E-state index contributed by atoms with van der Waals surface area (Å²) in [5, 5.41) is 14.2. The molecule has 0 saturated carbocycles.